The Labute approximate surface area is 104 Å². The zero-order valence-corrected chi connectivity index (χ0v) is 10.1. The molecule has 0 unspecified atom stereocenters. The van der Waals surface area contributed by atoms with Crippen LogP contribution in [0.3, 0.4) is 0 Å². The summed E-state index contributed by atoms with van der Waals surface area (Å²) in [5.74, 6) is 0. The van der Waals surface area contributed by atoms with Crippen molar-refractivity contribution in [3.05, 3.63) is 46.5 Å². The predicted octanol–water partition coefficient (Wildman–Crippen LogP) is 2.58. The van der Waals surface area contributed by atoms with E-state index in [1.54, 1.807) is 6.20 Å². The zero-order chi connectivity index (χ0) is 11.7. The summed E-state index contributed by atoms with van der Waals surface area (Å²) in [4.78, 5) is 7.23. The third-order valence-corrected chi connectivity index (χ3v) is 3.97. The van der Waals surface area contributed by atoms with Gasteiger partial charge in [-0.2, -0.15) is 5.26 Å². The fraction of sp³-hybridized carbons (Fsp3) is 0.231. The molecule has 1 aliphatic heterocycles. The number of hydrogen-bond acceptors (Lipinski definition) is 4. The van der Waals surface area contributed by atoms with E-state index >= 15 is 0 Å². The minimum atomic E-state index is 0.679. The molecule has 1 aromatic heterocycles. The molecule has 1 aromatic carbocycles. The Kier molecular flexibility index (Phi) is 2.54. The molecular formula is C13H11N3S. The standard InChI is InChI=1S/C13H11N3S/c14-7-12-8-15-13(17-12)16-6-5-10-3-1-2-4-11(10)9-16/h1-4,8H,5-6,9H2. The van der Waals surface area contributed by atoms with Crippen molar-refractivity contribution in [1.29, 1.82) is 5.26 Å². The molecule has 0 radical (unpaired) electrons. The second-order valence-corrected chi connectivity index (χ2v) is 5.07. The third-order valence-electron chi connectivity index (χ3n) is 3.00. The normalized spacial score (nSPS) is 14.2. The Morgan fingerprint density at radius 1 is 1.29 bits per heavy atom. The first-order valence-corrected chi connectivity index (χ1v) is 6.36. The molecule has 0 bridgehead atoms. The molecule has 0 N–H and O–H groups in total. The van der Waals surface area contributed by atoms with Gasteiger partial charge in [-0.1, -0.05) is 35.6 Å². The van der Waals surface area contributed by atoms with Crippen LogP contribution in [-0.2, 0) is 13.0 Å². The Bertz CT molecular complexity index is 582. The van der Waals surface area contributed by atoms with Gasteiger partial charge in [0.15, 0.2) is 5.13 Å². The molecule has 4 heteroatoms. The summed E-state index contributed by atoms with van der Waals surface area (Å²) in [6, 6.07) is 10.7. The summed E-state index contributed by atoms with van der Waals surface area (Å²) in [6.07, 6.45) is 2.71. The van der Waals surface area contributed by atoms with Gasteiger partial charge in [0.2, 0.25) is 0 Å². The van der Waals surface area contributed by atoms with E-state index in [0.717, 1.165) is 24.6 Å². The average molecular weight is 241 g/mol. The lowest BCUT2D eigenvalue weighted by molar-refractivity contribution is 0.729. The van der Waals surface area contributed by atoms with E-state index in [0.29, 0.717) is 4.88 Å². The Balaban J connectivity index is 1.87. The van der Waals surface area contributed by atoms with E-state index in [-0.39, 0.29) is 0 Å². The highest BCUT2D eigenvalue weighted by atomic mass is 32.1. The summed E-state index contributed by atoms with van der Waals surface area (Å²) < 4.78 is 0. The SMILES string of the molecule is N#Cc1cnc(N2CCc3ccccc3C2)s1. The molecular weight excluding hydrogens is 230 g/mol. The van der Waals surface area contributed by atoms with E-state index in [1.165, 1.54) is 22.5 Å². The smallest absolute Gasteiger partial charge is 0.186 e. The molecule has 3 rings (SSSR count). The molecule has 0 saturated heterocycles. The van der Waals surface area contributed by atoms with E-state index in [4.69, 9.17) is 5.26 Å². The molecule has 0 atom stereocenters. The predicted molar refractivity (Wildman–Crippen MR) is 68.0 cm³/mol. The molecule has 0 aliphatic carbocycles. The summed E-state index contributed by atoms with van der Waals surface area (Å²) in [5, 5.41) is 9.76. The largest absolute Gasteiger partial charge is 0.343 e. The molecule has 17 heavy (non-hydrogen) atoms. The first kappa shape index (κ1) is 10.3. The van der Waals surface area contributed by atoms with E-state index in [2.05, 4.69) is 40.2 Å². The molecule has 84 valence electrons. The van der Waals surface area contributed by atoms with E-state index in [1.807, 2.05) is 0 Å². The van der Waals surface area contributed by atoms with Crippen LogP contribution in [0.4, 0.5) is 5.13 Å². The van der Waals surface area contributed by atoms with Crippen LogP contribution in [0, 0.1) is 11.3 Å². The quantitative estimate of drug-likeness (QED) is 0.770. The number of fused-ring (bicyclic) bond motifs is 1. The van der Waals surface area contributed by atoms with Crippen molar-refractivity contribution in [2.24, 2.45) is 0 Å². The summed E-state index contributed by atoms with van der Waals surface area (Å²) in [7, 11) is 0. The van der Waals surface area contributed by atoms with Crippen LogP contribution in [0.15, 0.2) is 30.5 Å². The van der Waals surface area contributed by atoms with E-state index in [9.17, 15) is 0 Å². The van der Waals surface area contributed by atoms with Gasteiger partial charge in [-0.3, -0.25) is 0 Å². The van der Waals surface area contributed by atoms with Crippen molar-refractivity contribution >= 4 is 16.5 Å². The highest BCUT2D eigenvalue weighted by Gasteiger charge is 2.18. The highest BCUT2D eigenvalue weighted by molar-refractivity contribution is 7.16. The van der Waals surface area contributed by atoms with Crippen LogP contribution >= 0.6 is 11.3 Å². The lowest BCUT2D eigenvalue weighted by Crippen LogP contribution is -2.30. The first-order chi connectivity index (χ1) is 8.36. The van der Waals surface area contributed by atoms with Crippen LogP contribution in [0.25, 0.3) is 0 Å². The monoisotopic (exact) mass is 241 g/mol. The van der Waals surface area contributed by atoms with Gasteiger partial charge in [-0.25, -0.2) is 4.98 Å². The van der Waals surface area contributed by atoms with Crippen molar-refractivity contribution in [3.8, 4) is 6.07 Å². The van der Waals surface area contributed by atoms with Crippen molar-refractivity contribution in [2.45, 2.75) is 13.0 Å². The highest BCUT2D eigenvalue weighted by Crippen LogP contribution is 2.27. The number of nitrogens with zero attached hydrogens (tertiary/aromatic N) is 3. The number of benzene rings is 1. The molecule has 2 aromatic rings. The van der Waals surface area contributed by atoms with Gasteiger partial charge < -0.3 is 4.90 Å². The lowest BCUT2D eigenvalue weighted by Gasteiger charge is -2.28. The molecule has 0 amide bonds. The van der Waals surface area contributed by atoms with Crippen LogP contribution in [-0.4, -0.2) is 11.5 Å². The minimum Gasteiger partial charge on any atom is -0.343 e. The van der Waals surface area contributed by atoms with Gasteiger partial charge in [0.1, 0.15) is 10.9 Å². The fourth-order valence-corrected chi connectivity index (χ4v) is 2.86. The topological polar surface area (TPSA) is 39.9 Å². The maximum Gasteiger partial charge on any atom is 0.186 e. The molecule has 0 saturated carbocycles. The van der Waals surface area contributed by atoms with Crippen LogP contribution in [0.2, 0.25) is 0 Å². The second-order valence-electron chi connectivity index (χ2n) is 4.06. The van der Waals surface area contributed by atoms with Gasteiger partial charge in [0, 0.05) is 13.1 Å². The summed E-state index contributed by atoms with van der Waals surface area (Å²) >= 11 is 1.47. The third kappa shape index (κ3) is 1.90. The maximum absolute atomic E-state index is 8.81. The molecule has 1 aliphatic rings. The number of rotatable bonds is 1. The average Bonchev–Trinajstić information content (AvgIpc) is 2.87. The van der Waals surface area contributed by atoms with Gasteiger partial charge in [-0.05, 0) is 17.5 Å². The van der Waals surface area contributed by atoms with E-state index < -0.39 is 0 Å². The van der Waals surface area contributed by atoms with Gasteiger partial charge >= 0.3 is 0 Å². The molecule has 3 nitrogen and oxygen atoms in total. The van der Waals surface area contributed by atoms with Gasteiger partial charge in [0.05, 0.1) is 6.20 Å². The lowest BCUT2D eigenvalue weighted by atomic mass is 10.0. The fourth-order valence-electron chi connectivity index (χ4n) is 2.12. The number of aromatic nitrogens is 1. The van der Waals surface area contributed by atoms with Crippen LogP contribution < -0.4 is 4.90 Å². The Morgan fingerprint density at radius 3 is 2.88 bits per heavy atom. The summed E-state index contributed by atoms with van der Waals surface area (Å²) in [6.45, 7) is 1.88. The van der Waals surface area contributed by atoms with Gasteiger partial charge in [-0.15, -0.1) is 0 Å². The molecule has 0 spiro atoms. The molecule has 2 heterocycles. The van der Waals surface area contributed by atoms with Crippen molar-refractivity contribution < 1.29 is 0 Å². The maximum atomic E-state index is 8.81. The van der Waals surface area contributed by atoms with Crippen LogP contribution in [0.5, 0.6) is 0 Å². The number of hydrogen-bond donors (Lipinski definition) is 0. The van der Waals surface area contributed by atoms with Crippen LogP contribution in [0.1, 0.15) is 16.0 Å². The van der Waals surface area contributed by atoms with Crippen molar-refractivity contribution in [1.82, 2.24) is 4.98 Å². The summed E-state index contributed by atoms with van der Waals surface area (Å²) in [5.41, 5.74) is 2.80. The van der Waals surface area contributed by atoms with Crippen molar-refractivity contribution in [3.63, 3.8) is 0 Å². The zero-order valence-electron chi connectivity index (χ0n) is 9.26. The number of nitriles is 1. The molecule has 0 fully saturated rings. The second kappa shape index (κ2) is 4.19. The number of thiazole rings is 1. The first-order valence-electron chi connectivity index (χ1n) is 5.54. The minimum absolute atomic E-state index is 0.679. The Morgan fingerprint density at radius 2 is 2.12 bits per heavy atom. The van der Waals surface area contributed by atoms with Crippen molar-refractivity contribution in [2.75, 3.05) is 11.4 Å². The number of anilines is 1. The Hall–Kier alpha value is -1.86. The van der Waals surface area contributed by atoms with Gasteiger partial charge in [0.25, 0.3) is 0 Å².